The lowest BCUT2D eigenvalue weighted by Crippen LogP contribution is -2.17. The van der Waals surface area contributed by atoms with Crippen molar-refractivity contribution in [2.45, 2.75) is 24.9 Å². The van der Waals surface area contributed by atoms with Gasteiger partial charge in [-0.25, -0.2) is 33.1 Å². The lowest BCUT2D eigenvalue weighted by molar-refractivity contribution is 0.601. The average Bonchev–Trinajstić information content (AvgIpc) is 3.00. The molecule has 0 saturated carbocycles. The number of hydrogen-bond donors (Lipinski definition) is 3. The molecule has 1 aromatic carbocycles. The molecule has 0 bridgehead atoms. The summed E-state index contributed by atoms with van der Waals surface area (Å²) in [5.74, 6) is -0.651. The van der Waals surface area contributed by atoms with Gasteiger partial charge in [-0.05, 0) is 31.5 Å². The molecule has 2 aromatic heterocycles. The smallest absolute Gasteiger partial charge is 0.223 e. The van der Waals surface area contributed by atoms with Crippen LogP contribution in [0.25, 0.3) is 0 Å². The second kappa shape index (κ2) is 7.67. The molecule has 0 radical (unpaired) electrons. The zero-order valence-electron chi connectivity index (χ0n) is 14.3. The summed E-state index contributed by atoms with van der Waals surface area (Å²) in [7, 11) is -1.79. The molecule has 7 nitrogen and oxygen atoms in total. The van der Waals surface area contributed by atoms with Crippen molar-refractivity contribution in [3.8, 4) is 0 Å². The monoisotopic (exact) mass is 412 g/mol. The molecule has 0 aliphatic rings. The summed E-state index contributed by atoms with van der Waals surface area (Å²) in [6.45, 7) is 3.17. The predicted octanol–water partition coefficient (Wildman–Crippen LogP) is 2.93. The minimum Gasteiger partial charge on any atom is -0.343 e. The fourth-order valence-corrected chi connectivity index (χ4v) is 3.18. The van der Waals surface area contributed by atoms with Crippen LogP contribution >= 0.6 is 11.6 Å². The Kier molecular flexibility index (Phi) is 5.49. The van der Waals surface area contributed by atoms with Crippen LogP contribution in [0.4, 0.5) is 14.7 Å². The van der Waals surface area contributed by atoms with E-state index in [2.05, 4.69) is 25.3 Å². The van der Waals surface area contributed by atoms with Crippen molar-refractivity contribution >= 4 is 28.5 Å². The van der Waals surface area contributed by atoms with Crippen LogP contribution in [0.1, 0.15) is 28.8 Å². The Balaban J connectivity index is 2.07. The van der Waals surface area contributed by atoms with Gasteiger partial charge in [0.2, 0.25) is 5.95 Å². The molecule has 142 valence electrons. The molecular formula is C16H15ClF2N6OS. The van der Waals surface area contributed by atoms with Crippen molar-refractivity contribution < 1.29 is 13.0 Å². The van der Waals surface area contributed by atoms with Crippen LogP contribution in [-0.4, -0.2) is 24.1 Å². The van der Waals surface area contributed by atoms with Crippen LogP contribution in [0.3, 0.4) is 0 Å². The maximum atomic E-state index is 13.6. The Morgan fingerprint density at radius 1 is 1.26 bits per heavy atom. The minimum atomic E-state index is -1.79. The summed E-state index contributed by atoms with van der Waals surface area (Å²) in [6.07, 6.45) is 1.03. The van der Waals surface area contributed by atoms with E-state index in [0.29, 0.717) is 17.1 Å². The summed E-state index contributed by atoms with van der Waals surface area (Å²) in [5, 5.41) is 8.53. The average molecular weight is 413 g/mol. The maximum absolute atomic E-state index is 13.6. The summed E-state index contributed by atoms with van der Waals surface area (Å²) >= 11 is 5.90. The van der Waals surface area contributed by atoms with Crippen molar-refractivity contribution in [1.29, 1.82) is 0 Å². The van der Waals surface area contributed by atoms with Crippen molar-refractivity contribution in [3.05, 3.63) is 63.8 Å². The molecule has 1 unspecified atom stereocenters. The third kappa shape index (κ3) is 4.12. The second-order valence-electron chi connectivity index (χ2n) is 5.73. The molecule has 0 fully saturated rings. The van der Waals surface area contributed by atoms with E-state index >= 15 is 0 Å². The number of nitrogens with zero attached hydrogens (tertiary/aromatic N) is 3. The first kappa shape index (κ1) is 19.3. The number of H-pyrrole nitrogens is 1. The van der Waals surface area contributed by atoms with E-state index in [1.807, 2.05) is 0 Å². The molecule has 0 aliphatic heterocycles. The van der Waals surface area contributed by atoms with Crippen molar-refractivity contribution in [1.82, 2.24) is 19.9 Å². The maximum Gasteiger partial charge on any atom is 0.223 e. The van der Waals surface area contributed by atoms with Gasteiger partial charge in [-0.15, -0.1) is 0 Å². The zero-order valence-corrected chi connectivity index (χ0v) is 15.8. The largest absolute Gasteiger partial charge is 0.343 e. The van der Waals surface area contributed by atoms with Crippen LogP contribution in [-0.2, 0) is 11.0 Å². The Morgan fingerprint density at radius 3 is 2.59 bits per heavy atom. The number of aromatic amines is 1. The van der Waals surface area contributed by atoms with Crippen LogP contribution in [0.15, 0.2) is 29.4 Å². The number of nitrogens with one attached hydrogen (secondary N) is 2. The van der Waals surface area contributed by atoms with Gasteiger partial charge >= 0.3 is 0 Å². The highest BCUT2D eigenvalue weighted by atomic mass is 35.5. The molecule has 3 rings (SSSR count). The van der Waals surface area contributed by atoms with Gasteiger partial charge in [0.1, 0.15) is 28.7 Å². The Morgan fingerprint density at radius 2 is 2.00 bits per heavy atom. The van der Waals surface area contributed by atoms with Gasteiger partial charge in [-0.3, -0.25) is 0 Å². The molecule has 11 heteroatoms. The van der Waals surface area contributed by atoms with Gasteiger partial charge in [-0.2, -0.15) is 0 Å². The Hall–Kier alpha value is -2.43. The Bertz CT molecular complexity index is 1030. The number of rotatable bonds is 5. The van der Waals surface area contributed by atoms with Crippen molar-refractivity contribution in [2.75, 3.05) is 5.32 Å². The highest BCUT2D eigenvalue weighted by Gasteiger charge is 2.23. The molecular weight excluding hydrogens is 398 g/mol. The summed E-state index contributed by atoms with van der Waals surface area (Å²) in [5.41, 5.74) is 1.21. The van der Waals surface area contributed by atoms with Gasteiger partial charge in [-0.1, -0.05) is 17.7 Å². The molecule has 27 heavy (non-hydrogen) atoms. The third-order valence-corrected chi connectivity index (χ3v) is 4.86. The van der Waals surface area contributed by atoms with Gasteiger partial charge in [0.05, 0.1) is 16.9 Å². The van der Waals surface area contributed by atoms with Crippen LogP contribution < -0.4 is 10.5 Å². The number of halogens is 3. The van der Waals surface area contributed by atoms with E-state index in [1.165, 1.54) is 25.1 Å². The van der Waals surface area contributed by atoms with E-state index in [9.17, 15) is 13.0 Å². The number of aryl methyl sites for hydroxylation is 2. The zero-order chi connectivity index (χ0) is 19.7. The molecule has 0 aliphatic carbocycles. The van der Waals surface area contributed by atoms with Crippen LogP contribution in [0, 0.1) is 25.5 Å². The van der Waals surface area contributed by atoms with Crippen molar-refractivity contribution in [3.63, 3.8) is 0 Å². The van der Waals surface area contributed by atoms with Gasteiger partial charge < -0.3 is 10.3 Å². The Labute approximate surface area is 161 Å². The first-order valence-corrected chi connectivity index (χ1v) is 9.28. The third-order valence-electron chi connectivity index (χ3n) is 3.79. The highest BCUT2D eigenvalue weighted by molar-refractivity contribution is 7.82. The highest BCUT2D eigenvalue weighted by Crippen LogP contribution is 2.28. The number of anilines is 1. The topological polar surface area (TPSA) is 110 Å². The van der Waals surface area contributed by atoms with E-state index < -0.39 is 28.7 Å². The van der Waals surface area contributed by atoms with Crippen LogP contribution in [0.5, 0.6) is 0 Å². The first-order valence-electron chi connectivity index (χ1n) is 7.69. The number of nitrogens with two attached hydrogens (primary N) is 1. The number of imidazole rings is 1. The lowest BCUT2D eigenvalue weighted by atomic mass is 10.1. The second-order valence-corrected chi connectivity index (χ2v) is 7.12. The number of aromatic nitrogens is 4. The van der Waals surface area contributed by atoms with E-state index in [0.717, 1.165) is 6.20 Å². The van der Waals surface area contributed by atoms with Crippen molar-refractivity contribution in [2.24, 2.45) is 5.14 Å². The standard InChI is InChI=1S/C16H15ClF2N6OS/c1-7-12(19)6-21-16(23-7)24-13(9-3-4-11(18)10(17)5-9)14-22-8(2)15(25-14)27(20)26/h3-6,13H,20H2,1-2H3,(H,22,25)(H,21,23,24)/t13-,27?/m1/s1. The lowest BCUT2D eigenvalue weighted by Gasteiger charge is -2.18. The van der Waals surface area contributed by atoms with Gasteiger partial charge in [0.25, 0.3) is 0 Å². The number of hydrogen-bond acceptors (Lipinski definition) is 5. The fraction of sp³-hybridized carbons (Fsp3) is 0.188. The fourth-order valence-electron chi connectivity index (χ4n) is 2.45. The molecule has 0 spiro atoms. The SMILES string of the molecule is Cc1nc(N[C@H](c2ccc(F)c(Cl)c2)c2nc(S(N)=O)c(C)[nH]2)ncc1F. The molecule has 2 atom stereocenters. The molecule has 2 heterocycles. The van der Waals surface area contributed by atoms with E-state index in [4.69, 9.17) is 16.7 Å². The van der Waals surface area contributed by atoms with Crippen LogP contribution in [0.2, 0.25) is 5.02 Å². The normalized spacial score (nSPS) is 13.4. The van der Waals surface area contributed by atoms with Gasteiger partial charge in [0, 0.05) is 5.69 Å². The molecule has 0 amide bonds. The summed E-state index contributed by atoms with van der Waals surface area (Å²) in [4.78, 5) is 15.2. The first-order chi connectivity index (χ1) is 12.8. The summed E-state index contributed by atoms with van der Waals surface area (Å²) < 4.78 is 38.6. The molecule has 3 aromatic rings. The predicted molar refractivity (Wildman–Crippen MR) is 97.5 cm³/mol. The minimum absolute atomic E-state index is 0.0820. The van der Waals surface area contributed by atoms with E-state index in [1.54, 1.807) is 6.92 Å². The quantitative estimate of drug-likeness (QED) is 0.596. The van der Waals surface area contributed by atoms with E-state index in [-0.39, 0.29) is 21.7 Å². The molecule has 0 saturated heterocycles. The summed E-state index contributed by atoms with van der Waals surface area (Å²) in [6, 6.07) is 3.43. The van der Waals surface area contributed by atoms with Gasteiger partial charge in [0.15, 0.2) is 10.8 Å². The number of benzene rings is 1. The molecule has 4 N–H and O–H groups in total.